The van der Waals surface area contributed by atoms with Crippen LogP contribution in [-0.2, 0) is 20.9 Å². The number of carbonyl (C=O) groups is 1. The Morgan fingerprint density at radius 2 is 2.14 bits per heavy atom. The van der Waals surface area contributed by atoms with Crippen LogP contribution in [0.5, 0.6) is 0 Å². The van der Waals surface area contributed by atoms with Gasteiger partial charge in [0, 0.05) is 28.6 Å². The maximum Gasteiger partial charge on any atom is 0.258 e. The van der Waals surface area contributed by atoms with Gasteiger partial charge in [-0.25, -0.2) is 4.21 Å². The second kappa shape index (κ2) is 5.85. The van der Waals surface area contributed by atoms with Gasteiger partial charge in [0.2, 0.25) is 0 Å². The number of aromatic nitrogens is 1. The summed E-state index contributed by atoms with van der Waals surface area (Å²) in [7, 11) is -2.48. The summed E-state index contributed by atoms with van der Waals surface area (Å²) in [4.78, 5) is 15.4. The Hall–Kier alpha value is -1.66. The van der Waals surface area contributed by atoms with Crippen molar-refractivity contribution in [3.63, 3.8) is 0 Å². The van der Waals surface area contributed by atoms with Gasteiger partial charge >= 0.3 is 0 Å². The molecule has 1 saturated heterocycles. The first-order valence-corrected chi connectivity index (χ1v) is 9.31. The molecule has 1 aromatic carbocycles. The number of hydrogen-bond donors (Lipinski definition) is 2. The fourth-order valence-corrected chi connectivity index (χ4v) is 5.05. The zero-order chi connectivity index (χ0) is 15.7. The molecule has 0 spiro atoms. The van der Waals surface area contributed by atoms with Crippen LogP contribution in [0.3, 0.4) is 0 Å². The summed E-state index contributed by atoms with van der Waals surface area (Å²) in [5, 5.41) is 10.5. The third-order valence-electron chi connectivity index (χ3n) is 4.15. The van der Waals surface area contributed by atoms with Crippen LogP contribution in [0.25, 0.3) is 10.9 Å². The Balaban J connectivity index is 1.83. The van der Waals surface area contributed by atoms with Gasteiger partial charge in [0.25, 0.3) is 5.91 Å². The van der Waals surface area contributed by atoms with Crippen LogP contribution in [0.2, 0.25) is 0 Å². The van der Waals surface area contributed by atoms with Gasteiger partial charge in [-0.1, -0.05) is 12.1 Å². The molecule has 118 valence electrons. The largest absolute Gasteiger partial charge is 0.393 e. The third kappa shape index (κ3) is 3.08. The first kappa shape index (κ1) is 15.2. The lowest BCUT2D eigenvalue weighted by molar-refractivity contribution is -0.117. The summed E-state index contributed by atoms with van der Waals surface area (Å²) < 4.78 is 16.5. The van der Waals surface area contributed by atoms with Gasteiger partial charge in [0.15, 0.2) is 0 Å². The zero-order valence-electron chi connectivity index (χ0n) is 12.5. The van der Waals surface area contributed by atoms with E-state index >= 15 is 0 Å². The van der Waals surface area contributed by atoms with Crippen LogP contribution in [0.1, 0.15) is 24.0 Å². The number of amides is 1. The van der Waals surface area contributed by atoms with Crippen LogP contribution in [0.4, 0.5) is 0 Å². The summed E-state index contributed by atoms with van der Waals surface area (Å²) in [6.45, 7) is 2.00. The topological polar surface area (TPSA) is 82.5 Å². The lowest BCUT2D eigenvalue weighted by Gasteiger charge is -2.19. The van der Waals surface area contributed by atoms with Crippen molar-refractivity contribution in [3.05, 3.63) is 35.5 Å². The van der Waals surface area contributed by atoms with Crippen molar-refractivity contribution in [1.82, 2.24) is 4.98 Å². The second-order valence-electron chi connectivity index (χ2n) is 5.89. The molecule has 1 aliphatic rings. The molecule has 22 heavy (non-hydrogen) atoms. The Morgan fingerprint density at radius 1 is 1.41 bits per heavy atom. The standard InChI is InChI=1S/C16H20N2O3S/c1-11-3-2-4-14-16(11)12(10-17-14)9-15(20)18-22(21)7-5-13(19)6-8-22/h2-4,10,13,17,19H,5-9H2,1H3. The minimum atomic E-state index is -2.48. The van der Waals surface area contributed by atoms with Crippen LogP contribution in [-0.4, -0.2) is 37.8 Å². The van der Waals surface area contributed by atoms with Crippen molar-refractivity contribution in [1.29, 1.82) is 0 Å². The molecule has 0 bridgehead atoms. The van der Waals surface area contributed by atoms with Crippen LogP contribution in [0.15, 0.2) is 28.8 Å². The highest BCUT2D eigenvalue weighted by molar-refractivity contribution is 7.93. The van der Waals surface area contributed by atoms with Gasteiger partial charge in [0.05, 0.1) is 22.3 Å². The van der Waals surface area contributed by atoms with Crippen molar-refractivity contribution in [2.24, 2.45) is 4.36 Å². The Kier molecular flexibility index (Phi) is 4.06. The van der Waals surface area contributed by atoms with E-state index in [4.69, 9.17) is 0 Å². The lowest BCUT2D eigenvalue weighted by Crippen LogP contribution is -2.27. The molecular weight excluding hydrogens is 300 g/mol. The van der Waals surface area contributed by atoms with Crippen LogP contribution in [0, 0.1) is 6.92 Å². The Bertz CT molecular complexity index is 817. The van der Waals surface area contributed by atoms with E-state index in [2.05, 4.69) is 9.35 Å². The summed E-state index contributed by atoms with van der Waals surface area (Å²) in [6.07, 6.45) is 2.49. The van der Waals surface area contributed by atoms with E-state index in [1.54, 1.807) is 0 Å². The molecule has 0 unspecified atom stereocenters. The molecule has 2 aromatic rings. The predicted molar refractivity (Wildman–Crippen MR) is 87.3 cm³/mol. The van der Waals surface area contributed by atoms with E-state index in [9.17, 15) is 14.1 Å². The number of nitrogens with one attached hydrogen (secondary N) is 1. The molecule has 2 heterocycles. The molecule has 0 saturated carbocycles. The molecular formula is C16H20N2O3S. The Morgan fingerprint density at radius 3 is 2.86 bits per heavy atom. The van der Waals surface area contributed by atoms with Crippen molar-refractivity contribution in [2.75, 3.05) is 11.5 Å². The van der Waals surface area contributed by atoms with Crippen molar-refractivity contribution in [3.8, 4) is 0 Å². The van der Waals surface area contributed by atoms with E-state index in [1.807, 2.05) is 31.3 Å². The molecule has 1 aliphatic heterocycles. The normalized spacial score (nSPS) is 25.3. The summed E-state index contributed by atoms with van der Waals surface area (Å²) in [5.74, 6) is 0.283. The number of rotatable bonds is 2. The number of carbonyl (C=O) groups excluding carboxylic acids is 1. The molecule has 1 amide bonds. The summed E-state index contributed by atoms with van der Waals surface area (Å²) in [5.41, 5.74) is 2.99. The first-order chi connectivity index (χ1) is 10.5. The average molecular weight is 320 g/mol. The van der Waals surface area contributed by atoms with Crippen LogP contribution >= 0.6 is 0 Å². The second-order valence-corrected chi connectivity index (χ2v) is 8.43. The number of hydrogen-bond acceptors (Lipinski definition) is 3. The molecule has 6 heteroatoms. The number of fused-ring (bicyclic) bond motifs is 1. The fourth-order valence-electron chi connectivity index (χ4n) is 2.95. The van der Waals surface area contributed by atoms with Crippen molar-refractivity contribution < 1.29 is 14.1 Å². The van der Waals surface area contributed by atoms with Gasteiger partial charge in [-0.2, -0.15) is 4.36 Å². The highest BCUT2D eigenvalue weighted by atomic mass is 32.2. The quantitative estimate of drug-likeness (QED) is 0.889. The lowest BCUT2D eigenvalue weighted by atomic mass is 10.1. The minimum Gasteiger partial charge on any atom is -0.393 e. The fraction of sp³-hybridized carbons (Fsp3) is 0.438. The first-order valence-electron chi connectivity index (χ1n) is 7.46. The SMILES string of the molecule is Cc1cccc2[nH]cc(CC(=O)N=S3(=O)CCC(O)CC3)c12. The molecule has 1 fully saturated rings. The number of nitrogens with zero attached hydrogens (tertiary/aromatic N) is 1. The number of aryl methyl sites for hydroxylation is 1. The molecule has 2 N–H and O–H groups in total. The maximum atomic E-state index is 12.5. The molecule has 0 atom stereocenters. The van der Waals surface area contributed by atoms with E-state index in [-0.39, 0.29) is 12.3 Å². The van der Waals surface area contributed by atoms with Crippen molar-refractivity contribution in [2.45, 2.75) is 32.3 Å². The third-order valence-corrected chi connectivity index (χ3v) is 6.43. The van der Waals surface area contributed by atoms with Gasteiger partial charge in [-0.15, -0.1) is 0 Å². The summed E-state index contributed by atoms with van der Waals surface area (Å²) in [6, 6.07) is 5.94. The molecule has 0 radical (unpaired) electrons. The molecule has 5 nitrogen and oxygen atoms in total. The zero-order valence-corrected chi connectivity index (χ0v) is 13.4. The number of aromatic amines is 1. The summed E-state index contributed by atoms with van der Waals surface area (Å²) >= 11 is 0. The van der Waals surface area contributed by atoms with Crippen molar-refractivity contribution >= 4 is 26.5 Å². The van der Waals surface area contributed by atoms with Crippen LogP contribution < -0.4 is 0 Å². The maximum absolute atomic E-state index is 12.5. The molecule has 0 aliphatic carbocycles. The number of aliphatic hydroxyl groups is 1. The van der Waals surface area contributed by atoms with E-state index in [1.165, 1.54) is 0 Å². The number of benzene rings is 1. The van der Waals surface area contributed by atoms with Gasteiger partial charge in [0.1, 0.15) is 0 Å². The van der Waals surface area contributed by atoms with Gasteiger partial charge in [-0.05, 0) is 37.0 Å². The number of H-pyrrole nitrogens is 1. The molecule has 1 aromatic heterocycles. The highest BCUT2D eigenvalue weighted by Crippen LogP contribution is 2.23. The monoisotopic (exact) mass is 320 g/mol. The highest BCUT2D eigenvalue weighted by Gasteiger charge is 2.22. The van der Waals surface area contributed by atoms with E-state index in [0.29, 0.717) is 24.3 Å². The Labute approximate surface area is 129 Å². The van der Waals surface area contributed by atoms with Gasteiger partial charge < -0.3 is 10.1 Å². The average Bonchev–Trinajstić information content (AvgIpc) is 2.87. The van der Waals surface area contributed by atoms with Gasteiger partial charge in [-0.3, -0.25) is 4.79 Å². The smallest absolute Gasteiger partial charge is 0.258 e. The molecule has 3 rings (SSSR count). The van der Waals surface area contributed by atoms with E-state index < -0.39 is 15.8 Å². The predicted octanol–water partition coefficient (Wildman–Crippen LogP) is 2.17. The van der Waals surface area contributed by atoms with E-state index in [0.717, 1.165) is 22.0 Å². The minimum absolute atomic E-state index is 0.157. The number of aliphatic hydroxyl groups excluding tert-OH is 1.